The third-order valence-electron chi connectivity index (χ3n) is 3.22. The highest BCUT2D eigenvalue weighted by molar-refractivity contribution is 6.03. The van der Waals surface area contributed by atoms with Crippen LogP contribution >= 0.6 is 0 Å². The van der Waals surface area contributed by atoms with Crippen molar-refractivity contribution in [2.45, 2.75) is 19.9 Å². The molecule has 8 heteroatoms. The van der Waals surface area contributed by atoms with Gasteiger partial charge in [-0.25, -0.2) is 0 Å². The van der Waals surface area contributed by atoms with Crippen molar-refractivity contribution in [2.75, 3.05) is 5.43 Å². The summed E-state index contributed by atoms with van der Waals surface area (Å²) in [7, 11) is 0. The van der Waals surface area contributed by atoms with Crippen LogP contribution < -0.4 is 11.3 Å². The average Bonchev–Trinajstić information content (AvgIpc) is 2.65. The minimum Gasteiger partial charge on any atom is -0.318 e. The van der Waals surface area contributed by atoms with Crippen molar-refractivity contribution in [3.05, 3.63) is 33.9 Å². The quantitative estimate of drug-likeness (QED) is 0.363. The van der Waals surface area contributed by atoms with E-state index < -0.39 is 4.92 Å². The Hall–Kier alpha value is -2.48. The van der Waals surface area contributed by atoms with Crippen molar-refractivity contribution in [3.8, 4) is 0 Å². The highest BCUT2D eigenvalue weighted by Gasteiger charge is 2.35. The Morgan fingerprint density at radius 1 is 1.50 bits per heavy atom. The Kier molecular flexibility index (Phi) is 3.66. The fourth-order valence-corrected chi connectivity index (χ4v) is 2.15. The molecule has 0 radical (unpaired) electrons. The number of amides is 2. The lowest BCUT2D eigenvalue weighted by atomic mass is 10.1. The molecular weight excluding hydrogens is 264 g/mol. The molecule has 8 nitrogen and oxygen atoms in total. The monoisotopic (exact) mass is 278 g/mol. The summed E-state index contributed by atoms with van der Waals surface area (Å²) >= 11 is 0. The number of nitro groups is 1. The number of imide groups is 1. The van der Waals surface area contributed by atoms with Gasteiger partial charge in [0.05, 0.1) is 11.5 Å². The SMILES string of the molecule is CC1CC(=O)N(Cc2ccc(NN)c([N+](=O)[O-])c2)C1=O. The predicted molar refractivity (Wildman–Crippen MR) is 70.2 cm³/mol. The second-order valence-corrected chi connectivity index (χ2v) is 4.68. The molecule has 0 saturated carbocycles. The molecule has 0 aliphatic carbocycles. The molecule has 0 bridgehead atoms. The standard InChI is InChI=1S/C12H14N4O4/c1-7-4-11(17)15(12(7)18)6-8-2-3-9(14-13)10(5-8)16(19)20/h2-3,5,7,14H,4,6,13H2,1H3. The summed E-state index contributed by atoms with van der Waals surface area (Å²) in [5.41, 5.74) is 2.71. The first-order valence-electron chi connectivity index (χ1n) is 6.02. The maximum Gasteiger partial charge on any atom is 0.293 e. The van der Waals surface area contributed by atoms with Gasteiger partial charge in [0.15, 0.2) is 0 Å². The number of nitrogens with two attached hydrogens (primary N) is 1. The maximum absolute atomic E-state index is 11.8. The summed E-state index contributed by atoms with van der Waals surface area (Å²) in [6.07, 6.45) is 0.184. The molecular formula is C12H14N4O4. The van der Waals surface area contributed by atoms with Gasteiger partial charge in [-0.1, -0.05) is 13.0 Å². The molecule has 1 aromatic carbocycles. The van der Waals surface area contributed by atoms with E-state index in [9.17, 15) is 19.7 Å². The summed E-state index contributed by atoms with van der Waals surface area (Å²) in [5.74, 6) is 4.35. The number of rotatable bonds is 4. The molecule has 20 heavy (non-hydrogen) atoms. The number of nitrogens with zero attached hydrogens (tertiary/aromatic N) is 2. The molecule has 2 amide bonds. The van der Waals surface area contributed by atoms with Gasteiger partial charge in [-0.3, -0.25) is 30.4 Å². The van der Waals surface area contributed by atoms with Gasteiger partial charge in [-0.05, 0) is 11.6 Å². The van der Waals surface area contributed by atoms with Crippen molar-refractivity contribution in [1.29, 1.82) is 0 Å². The largest absolute Gasteiger partial charge is 0.318 e. The van der Waals surface area contributed by atoms with E-state index in [4.69, 9.17) is 5.84 Å². The summed E-state index contributed by atoms with van der Waals surface area (Å²) < 4.78 is 0. The Morgan fingerprint density at radius 3 is 2.70 bits per heavy atom. The first kappa shape index (κ1) is 13.9. The van der Waals surface area contributed by atoms with Gasteiger partial charge < -0.3 is 5.43 Å². The summed E-state index contributed by atoms with van der Waals surface area (Å²) in [4.78, 5) is 34.9. The van der Waals surface area contributed by atoms with Gasteiger partial charge in [-0.2, -0.15) is 0 Å². The zero-order valence-electron chi connectivity index (χ0n) is 10.8. The van der Waals surface area contributed by atoms with Gasteiger partial charge >= 0.3 is 0 Å². The Morgan fingerprint density at radius 2 is 2.20 bits per heavy atom. The van der Waals surface area contributed by atoms with Crippen LogP contribution in [0.25, 0.3) is 0 Å². The summed E-state index contributed by atoms with van der Waals surface area (Å²) in [6.45, 7) is 1.72. The highest BCUT2D eigenvalue weighted by atomic mass is 16.6. The molecule has 1 aliphatic heterocycles. The number of anilines is 1. The van der Waals surface area contributed by atoms with Crippen molar-refractivity contribution in [3.63, 3.8) is 0 Å². The van der Waals surface area contributed by atoms with Crippen molar-refractivity contribution in [2.24, 2.45) is 11.8 Å². The highest BCUT2D eigenvalue weighted by Crippen LogP contribution is 2.27. The lowest BCUT2D eigenvalue weighted by molar-refractivity contribution is -0.384. The molecule has 1 atom stereocenters. The zero-order valence-corrected chi connectivity index (χ0v) is 10.8. The first-order valence-corrected chi connectivity index (χ1v) is 6.02. The van der Waals surface area contributed by atoms with Crippen LogP contribution in [0.1, 0.15) is 18.9 Å². The van der Waals surface area contributed by atoms with E-state index in [0.29, 0.717) is 5.56 Å². The van der Waals surface area contributed by atoms with Crippen LogP contribution in [0.5, 0.6) is 0 Å². The van der Waals surface area contributed by atoms with Crippen LogP contribution in [0.2, 0.25) is 0 Å². The van der Waals surface area contributed by atoms with Crippen LogP contribution in [0, 0.1) is 16.0 Å². The number of hydrogen-bond acceptors (Lipinski definition) is 6. The van der Waals surface area contributed by atoms with Gasteiger partial charge in [0.2, 0.25) is 11.8 Å². The number of nitro benzene ring substituents is 1. The van der Waals surface area contributed by atoms with Crippen LogP contribution in [-0.2, 0) is 16.1 Å². The normalized spacial score (nSPS) is 18.5. The molecule has 2 rings (SSSR count). The van der Waals surface area contributed by atoms with E-state index in [0.717, 1.165) is 4.90 Å². The molecule has 1 saturated heterocycles. The number of hydrazine groups is 1. The first-order chi connectivity index (χ1) is 9.43. The van der Waals surface area contributed by atoms with E-state index in [1.54, 1.807) is 13.0 Å². The van der Waals surface area contributed by atoms with Gasteiger partial charge in [0, 0.05) is 18.4 Å². The number of carbonyl (C=O) groups excluding carboxylic acids is 2. The fraction of sp³-hybridized carbons (Fsp3) is 0.333. The molecule has 1 fully saturated rings. The van der Waals surface area contributed by atoms with Gasteiger partial charge in [0.1, 0.15) is 5.69 Å². The van der Waals surface area contributed by atoms with Crippen LogP contribution in [0.15, 0.2) is 18.2 Å². The van der Waals surface area contributed by atoms with Crippen LogP contribution in [0.4, 0.5) is 11.4 Å². The summed E-state index contributed by atoms with van der Waals surface area (Å²) in [6, 6.07) is 4.34. The summed E-state index contributed by atoms with van der Waals surface area (Å²) in [5, 5.41) is 10.9. The number of hydrogen-bond donors (Lipinski definition) is 2. The Labute approximate surface area is 114 Å². The van der Waals surface area contributed by atoms with E-state index in [2.05, 4.69) is 5.43 Å². The molecule has 0 aromatic heterocycles. The van der Waals surface area contributed by atoms with Gasteiger partial charge in [0.25, 0.3) is 5.69 Å². The Bertz CT molecular complexity index is 587. The zero-order chi connectivity index (χ0) is 14.9. The van der Waals surface area contributed by atoms with Crippen molar-refractivity contribution in [1.82, 2.24) is 4.90 Å². The smallest absolute Gasteiger partial charge is 0.293 e. The number of benzene rings is 1. The van der Waals surface area contributed by atoms with Crippen LogP contribution in [0.3, 0.4) is 0 Å². The van der Waals surface area contributed by atoms with E-state index in [1.807, 2.05) is 0 Å². The maximum atomic E-state index is 11.8. The predicted octanol–water partition coefficient (Wildman–Crippen LogP) is 0.775. The number of nitrogens with one attached hydrogen (secondary N) is 1. The average molecular weight is 278 g/mol. The molecule has 1 unspecified atom stereocenters. The number of nitrogen functional groups attached to an aromatic ring is 1. The molecule has 1 aromatic rings. The lowest BCUT2D eigenvalue weighted by Gasteiger charge is -2.14. The Balaban J connectivity index is 2.26. The third-order valence-corrected chi connectivity index (χ3v) is 3.22. The van der Waals surface area contributed by atoms with E-state index >= 15 is 0 Å². The molecule has 1 aliphatic rings. The second-order valence-electron chi connectivity index (χ2n) is 4.68. The third kappa shape index (κ3) is 2.45. The minimum absolute atomic E-state index is 0.0354. The fourth-order valence-electron chi connectivity index (χ4n) is 2.15. The number of likely N-dealkylation sites (tertiary alicyclic amines) is 1. The second kappa shape index (κ2) is 5.25. The van der Waals surface area contributed by atoms with Gasteiger partial charge in [-0.15, -0.1) is 0 Å². The van der Waals surface area contributed by atoms with E-state index in [1.165, 1.54) is 12.1 Å². The number of carbonyl (C=O) groups is 2. The lowest BCUT2D eigenvalue weighted by Crippen LogP contribution is -2.29. The topological polar surface area (TPSA) is 119 Å². The molecule has 0 spiro atoms. The van der Waals surface area contributed by atoms with E-state index in [-0.39, 0.29) is 42.1 Å². The van der Waals surface area contributed by atoms with Crippen LogP contribution in [-0.4, -0.2) is 21.6 Å². The van der Waals surface area contributed by atoms with Crippen molar-refractivity contribution < 1.29 is 14.5 Å². The molecule has 3 N–H and O–H groups in total. The van der Waals surface area contributed by atoms with Crippen molar-refractivity contribution >= 4 is 23.2 Å². The molecule has 106 valence electrons. The minimum atomic E-state index is -0.574. The molecule has 1 heterocycles.